The summed E-state index contributed by atoms with van der Waals surface area (Å²) in [5, 5.41) is 15.4. The second-order valence-electron chi connectivity index (χ2n) is 5.94. The van der Waals surface area contributed by atoms with Crippen LogP contribution in [0, 0.1) is 17.0 Å². The summed E-state index contributed by atoms with van der Waals surface area (Å²) in [6.45, 7) is 2.86. The lowest BCUT2D eigenvalue weighted by Gasteiger charge is -2.09. The van der Waals surface area contributed by atoms with E-state index in [-0.39, 0.29) is 11.4 Å². The molecule has 27 heavy (non-hydrogen) atoms. The first-order valence-electron chi connectivity index (χ1n) is 8.28. The minimum absolute atomic E-state index is 0.133. The molecule has 2 aromatic carbocycles. The van der Waals surface area contributed by atoms with E-state index >= 15 is 0 Å². The second kappa shape index (κ2) is 6.91. The number of rotatable bonds is 5. The number of aliphatic imine (C=N–C) groups is 1. The van der Waals surface area contributed by atoms with Crippen LogP contribution in [0.3, 0.4) is 0 Å². The first-order valence-corrected chi connectivity index (χ1v) is 8.28. The van der Waals surface area contributed by atoms with E-state index in [1.54, 1.807) is 36.4 Å². The van der Waals surface area contributed by atoms with Crippen molar-refractivity contribution < 1.29 is 18.9 Å². The summed E-state index contributed by atoms with van der Waals surface area (Å²) >= 11 is 0. The summed E-state index contributed by atoms with van der Waals surface area (Å²) in [5.74, 6) is 1.59. The van der Waals surface area contributed by atoms with Gasteiger partial charge in [-0.25, -0.2) is 4.99 Å². The van der Waals surface area contributed by atoms with Crippen molar-refractivity contribution in [2.24, 2.45) is 4.99 Å². The highest BCUT2D eigenvalue weighted by Crippen LogP contribution is 2.34. The van der Waals surface area contributed by atoms with E-state index in [2.05, 4.69) is 10.1 Å². The standard InChI is InChI=1S/C19H15N3O5/c1-12-9-18(27-21-12)13-3-2-4-15(10-13)26-17-6-5-14(11-16(17)22(23)24)19-20-7-8-25-19/h2-6,9-11H,7-8H2,1H3. The van der Waals surface area contributed by atoms with Gasteiger partial charge in [0.25, 0.3) is 0 Å². The highest BCUT2D eigenvalue weighted by Gasteiger charge is 2.21. The van der Waals surface area contributed by atoms with Crippen molar-refractivity contribution in [3.05, 3.63) is 69.9 Å². The smallest absolute Gasteiger partial charge is 0.312 e. The molecule has 1 aliphatic rings. The molecule has 0 atom stereocenters. The molecule has 0 fully saturated rings. The summed E-state index contributed by atoms with van der Waals surface area (Å²) in [6, 6.07) is 13.5. The minimum Gasteiger partial charge on any atom is -0.476 e. The fraction of sp³-hybridized carbons (Fsp3) is 0.158. The average molecular weight is 365 g/mol. The molecule has 0 saturated carbocycles. The lowest BCUT2D eigenvalue weighted by molar-refractivity contribution is -0.385. The van der Waals surface area contributed by atoms with Crippen molar-refractivity contribution >= 4 is 11.6 Å². The third-order valence-electron chi connectivity index (χ3n) is 3.96. The van der Waals surface area contributed by atoms with Crippen LogP contribution in [-0.2, 0) is 4.74 Å². The molecule has 136 valence electrons. The number of aryl methyl sites for hydroxylation is 1. The number of hydrogen-bond donors (Lipinski definition) is 0. The maximum absolute atomic E-state index is 11.5. The Labute approximate surface area is 154 Å². The van der Waals surface area contributed by atoms with Crippen LogP contribution in [0.4, 0.5) is 5.69 Å². The molecule has 4 rings (SSSR count). The number of ether oxygens (including phenoxy) is 2. The quantitative estimate of drug-likeness (QED) is 0.498. The summed E-state index contributed by atoms with van der Waals surface area (Å²) in [6.07, 6.45) is 0. The maximum atomic E-state index is 11.5. The number of benzene rings is 2. The van der Waals surface area contributed by atoms with Crippen LogP contribution in [0.2, 0.25) is 0 Å². The van der Waals surface area contributed by atoms with Crippen LogP contribution < -0.4 is 4.74 Å². The highest BCUT2D eigenvalue weighted by molar-refractivity contribution is 5.95. The predicted molar refractivity (Wildman–Crippen MR) is 97.2 cm³/mol. The summed E-state index contributed by atoms with van der Waals surface area (Å²) in [4.78, 5) is 15.2. The van der Waals surface area contributed by atoms with Gasteiger partial charge in [0.1, 0.15) is 12.4 Å². The first-order chi connectivity index (χ1) is 13.1. The largest absolute Gasteiger partial charge is 0.476 e. The molecule has 0 radical (unpaired) electrons. The van der Waals surface area contributed by atoms with Gasteiger partial charge in [0.15, 0.2) is 5.76 Å². The fourth-order valence-corrected chi connectivity index (χ4v) is 2.73. The lowest BCUT2D eigenvalue weighted by atomic mass is 10.1. The Morgan fingerprint density at radius 3 is 2.74 bits per heavy atom. The lowest BCUT2D eigenvalue weighted by Crippen LogP contribution is -2.03. The first kappa shape index (κ1) is 16.8. The topological polar surface area (TPSA) is 100.0 Å². The molecule has 0 spiro atoms. The molecule has 8 nitrogen and oxygen atoms in total. The molecule has 0 N–H and O–H groups in total. The Kier molecular flexibility index (Phi) is 4.29. The van der Waals surface area contributed by atoms with E-state index in [4.69, 9.17) is 14.0 Å². The number of hydrogen-bond acceptors (Lipinski definition) is 7. The van der Waals surface area contributed by atoms with Crippen LogP contribution in [0.25, 0.3) is 11.3 Å². The molecule has 0 unspecified atom stereocenters. The summed E-state index contributed by atoms with van der Waals surface area (Å²) in [7, 11) is 0. The van der Waals surface area contributed by atoms with Crippen molar-refractivity contribution in [2.75, 3.05) is 13.2 Å². The van der Waals surface area contributed by atoms with E-state index in [9.17, 15) is 10.1 Å². The Morgan fingerprint density at radius 2 is 2.04 bits per heavy atom. The second-order valence-corrected chi connectivity index (χ2v) is 5.94. The van der Waals surface area contributed by atoms with Gasteiger partial charge >= 0.3 is 5.69 Å². The molecule has 8 heteroatoms. The Morgan fingerprint density at radius 1 is 1.15 bits per heavy atom. The maximum Gasteiger partial charge on any atom is 0.312 e. The van der Waals surface area contributed by atoms with Gasteiger partial charge in [0.2, 0.25) is 11.6 Å². The van der Waals surface area contributed by atoms with Gasteiger partial charge in [0, 0.05) is 23.3 Å². The molecule has 0 aliphatic carbocycles. The number of nitro benzene ring substituents is 1. The van der Waals surface area contributed by atoms with Crippen molar-refractivity contribution in [1.82, 2.24) is 5.16 Å². The van der Waals surface area contributed by atoms with Crippen molar-refractivity contribution in [3.63, 3.8) is 0 Å². The fourth-order valence-electron chi connectivity index (χ4n) is 2.73. The van der Waals surface area contributed by atoms with E-state index < -0.39 is 4.92 Å². The zero-order valence-electron chi connectivity index (χ0n) is 14.4. The van der Waals surface area contributed by atoms with Gasteiger partial charge in [-0.1, -0.05) is 17.3 Å². The molecule has 3 aromatic rings. The molecule has 0 amide bonds. The van der Waals surface area contributed by atoms with Crippen LogP contribution in [-0.4, -0.2) is 29.1 Å². The average Bonchev–Trinajstić information content (AvgIpc) is 3.34. The van der Waals surface area contributed by atoms with Crippen LogP contribution in [0.5, 0.6) is 11.5 Å². The van der Waals surface area contributed by atoms with E-state index in [1.807, 2.05) is 13.0 Å². The number of aromatic nitrogens is 1. The predicted octanol–water partition coefficient (Wildman–Crippen LogP) is 4.13. The molecular weight excluding hydrogens is 350 g/mol. The van der Waals surface area contributed by atoms with Crippen LogP contribution >= 0.6 is 0 Å². The van der Waals surface area contributed by atoms with Gasteiger partial charge < -0.3 is 14.0 Å². The van der Waals surface area contributed by atoms with Gasteiger partial charge in [-0.15, -0.1) is 0 Å². The van der Waals surface area contributed by atoms with Crippen LogP contribution in [0.1, 0.15) is 11.3 Å². The third kappa shape index (κ3) is 3.50. The zero-order chi connectivity index (χ0) is 18.8. The van der Waals surface area contributed by atoms with Crippen molar-refractivity contribution in [3.8, 4) is 22.8 Å². The van der Waals surface area contributed by atoms with Crippen LogP contribution in [0.15, 0.2) is 58.0 Å². The Balaban J connectivity index is 1.65. The Hall–Kier alpha value is -3.68. The van der Waals surface area contributed by atoms with E-state index in [0.29, 0.717) is 36.1 Å². The minimum atomic E-state index is -0.488. The van der Waals surface area contributed by atoms with Gasteiger partial charge in [0.05, 0.1) is 17.2 Å². The SMILES string of the molecule is Cc1cc(-c2cccc(Oc3ccc(C4=NCCO4)cc3[N+](=O)[O-])c2)on1. The highest BCUT2D eigenvalue weighted by atomic mass is 16.6. The molecule has 2 heterocycles. The van der Waals surface area contributed by atoms with Gasteiger partial charge in [-0.3, -0.25) is 10.1 Å². The zero-order valence-corrected chi connectivity index (χ0v) is 14.4. The summed E-state index contributed by atoms with van der Waals surface area (Å²) in [5.41, 5.74) is 1.92. The molecular formula is C19H15N3O5. The number of nitro groups is 1. The van der Waals surface area contributed by atoms with E-state index in [0.717, 1.165) is 11.3 Å². The number of nitrogens with zero attached hydrogens (tertiary/aromatic N) is 3. The summed E-state index contributed by atoms with van der Waals surface area (Å²) < 4.78 is 16.4. The third-order valence-corrected chi connectivity index (χ3v) is 3.96. The van der Waals surface area contributed by atoms with Crippen molar-refractivity contribution in [1.29, 1.82) is 0 Å². The molecule has 1 aliphatic heterocycles. The van der Waals surface area contributed by atoms with E-state index in [1.165, 1.54) is 6.07 Å². The Bertz CT molecular complexity index is 1040. The van der Waals surface area contributed by atoms with Crippen molar-refractivity contribution in [2.45, 2.75) is 6.92 Å². The monoisotopic (exact) mass is 365 g/mol. The van der Waals surface area contributed by atoms with Gasteiger partial charge in [-0.05, 0) is 31.2 Å². The molecule has 1 aromatic heterocycles. The normalized spacial score (nSPS) is 13.1. The molecule has 0 bridgehead atoms. The molecule has 0 saturated heterocycles. The van der Waals surface area contributed by atoms with Gasteiger partial charge in [-0.2, -0.15) is 0 Å².